The molecule has 1 atom stereocenters. The Morgan fingerprint density at radius 1 is 1.14 bits per heavy atom. The highest BCUT2D eigenvalue weighted by Gasteiger charge is 2.36. The van der Waals surface area contributed by atoms with Crippen molar-refractivity contribution in [1.82, 2.24) is 5.32 Å². The molecule has 1 aliphatic heterocycles. The molecule has 1 heterocycles. The first-order valence-corrected chi connectivity index (χ1v) is 9.60. The number of allylic oxidation sites excluding steroid dienone is 1. The van der Waals surface area contributed by atoms with Gasteiger partial charge in [0.05, 0.1) is 18.2 Å². The van der Waals surface area contributed by atoms with Crippen molar-refractivity contribution in [2.45, 2.75) is 13.0 Å². The first kappa shape index (κ1) is 20.3. The van der Waals surface area contributed by atoms with Crippen LogP contribution < -0.4 is 10.2 Å². The molecule has 1 N–H and O–H groups in total. The second kappa shape index (κ2) is 9.19. The number of methoxy groups -OCH3 is 1. The number of ether oxygens (including phenoxy) is 2. The fourth-order valence-corrected chi connectivity index (χ4v) is 3.74. The van der Waals surface area contributed by atoms with E-state index in [-0.39, 0.29) is 6.61 Å². The molecule has 0 aromatic heterocycles. The first-order chi connectivity index (χ1) is 13.5. The van der Waals surface area contributed by atoms with Crippen LogP contribution in [0.2, 0.25) is 5.02 Å². The molecule has 146 valence electrons. The van der Waals surface area contributed by atoms with Crippen LogP contribution >= 0.6 is 23.8 Å². The van der Waals surface area contributed by atoms with Gasteiger partial charge in [-0.25, -0.2) is 4.79 Å². The lowest BCUT2D eigenvalue weighted by Gasteiger charge is -2.37. The van der Waals surface area contributed by atoms with Crippen molar-refractivity contribution in [3.8, 4) is 0 Å². The minimum Gasteiger partial charge on any atom is -0.460 e. The summed E-state index contributed by atoms with van der Waals surface area (Å²) >= 11 is 12.0. The number of anilines is 1. The van der Waals surface area contributed by atoms with Gasteiger partial charge in [-0.15, -0.1) is 0 Å². The van der Waals surface area contributed by atoms with E-state index >= 15 is 0 Å². The summed E-state index contributed by atoms with van der Waals surface area (Å²) in [4.78, 5) is 14.8. The number of carbonyl (C=O) groups is 1. The number of esters is 1. The van der Waals surface area contributed by atoms with E-state index in [2.05, 4.69) is 5.32 Å². The third-order valence-electron chi connectivity index (χ3n) is 4.46. The number of para-hydroxylation sites is 1. The Kier molecular flexibility index (Phi) is 6.67. The largest absolute Gasteiger partial charge is 0.460 e. The van der Waals surface area contributed by atoms with E-state index < -0.39 is 12.0 Å². The Morgan fingerprint density at radius 3 is 2.50 bits per heavy atom. The second-order valence-electron chi connectivity index (χ2n) is 6.20. The molecular weight excluding hydrogens is 396 g/mol. The lowest BCUT2D eigenvalue weighted by molar-refractivity contribution is -0.140. The maximum atomic E-state index is 13.0. The van der Waals surface area contributed by atoms with E-state index in [1.807, 2.05) is 60.4 Å². The number of nitrogens with zero attached hydrogens (tertiary/aromatic N) is 1. The van der Waals surface area contributed by atoms with E-state index in [1.165, 1.54) is 0 Å². The average Bonchev–Trinajstić information content (AvgIpc) is 2.69. The lowest BCUT2D eigenvalue weighted by atomic mass is 9.94. The normalized spacial score (nSPS) is 16.8. The smallest absolute Gasteiger partial charge is 0.338 e. The summed E-state index contributed by atoms with van der Waals surface area (Å²) in [7, 11) is 1.56. The van der Waals surface area contributed by atoms with Gasteiger partial charge in [-0.3, -0.25) is 4.90 Å². The van der Waals surface area contributed by atoms with Gasteiger partial charge in [0.2, 0.25) is 0 Å². The molecule has 0 aliphatic carbocycles. The number of nitrogens with one attached hydrogen (secondary N) is 1. The molecule has 0 spiro atoms. The zero-order chi connectivity index (χ0) is 20.1. The van der Waals surface area contributed by atoms with Crippen molar-refractivity contribution >= 4 is 40.6 Å². The second-order valence-corrected chi connectivity index (χ2v) is 7.00. The van der Waals surface area contributed by atoms with Gasteiger partial charge in [-0.2, -0.15) is 0 Å². The number of thiocarbonyl (C=S) groups is 1. The lowest BCUT2D eigenvalue weighted by Crippen LogP contribution is -2.48. The Balaban J connectivity index is 2.08. The van der Waals surface area contributed by atoms with Gasteiger partial charge in [-0.05, 0) is 42.9 Å². The van der Waals surface area contributed by atoms with Crippen LogP contribution in [-0.4, -0.2) is 31.4 Å². The van der Waals surface area contributed by atoms with Crippen molar-refractivity contribution in [2.24, 2.45) is 0 Å². The van der Waals surface area contributed by atoms with E-state index in [1.54, 1.807) is 13.2 Å². The molecule has 5 nitrogen and oxygen atoms in total. The molecule has 0 unspecified atom stereocenters. The van der Waals surface area contributed by atoms with E-state index in [9.17, 15) is 4.79 Å². The van der Waals surface area contributed by atoms with Gasteiger partial charge >= 0.3 is 5.97 Å². The van der Waals surface area contributed by atoms with Crippen LogP contribution in [0.15, 0.2) is 65.9 Å². The van der Waals surface area contributed by atoms with Gasteiger partial charge in [0.15, 0.2) is 5.11 Å². The molecule has 3 rings (SSSR count). The van der Waals surface area contributed by atoms with Crippen molar-refractivity contribution < 1.29 is 14.3 Å². The average molecular weight is 417 g/mol. The van der Waals surface area contributed by atoms with E-state index in [0.29, 0.717) is 28.0 Å². The molecule has 1 aliphatic rings. The molecule has 28 heavy (non-hydrogen) atoms. The van der Waals surface area contributed by atoms with E-state index in [0.717, 1.165) is 11.3 Å². The Hall–Kier alpha value is -2.41. The predicted octanol–water partition coefficient (Wildman–Crippen LogP) is 4.24. The van der Waals surface area contributed by atoms with Gasteiger partial charge in [0.1, 0.15) is 6.61 Å². The van der Waals surface area contributed by atoms with Crippen LogP contribution in [0.3, 0.4) is 0 Å². The molecule has 0 radical (unpaired) electrons. The Bertz CT molecular complexity index is 902. The van der Waals surface area contributed by atoms with Gasteiger partial charge in [-0.1, -0.05) is 48.0 Å². The summed E-state index contributed by atoms with van der Waals surface area (Å²) in [5, 5.41) is 4.29. The SMILES string of the molecule is COCCOC(=O)C1=C(C)N(c2ccccc2)C(=S)N[C@@H]1c1ccccc1Cl. The number of rotatable bonds is 6. The number of carbonyl (C=O) groups excluding carboxylic acids is 1. The topological polar surface area (TPSA) is 50.8 Å². The molecule has 0 bridgehead atoms. The highest BCUT2D eigenvalue weighted by Crippen LogP contribution is 2.36. The first-order valence-electron chi connectivity index (χ1n) is 8.81. The van der Waals surface area contributed by atoms with Crippen LogP contribution in [0.4, 0.5) is 5.69 Å². The van der Waals surface area contributed by atoms with E-state index in [4.69, 9.17) is 33.3 Å². The number of benzene rings is 2. The van der Waals surface area contributed by atoms with Crippen LogP contribution in [0.25, 0.3) is 0 Å². The minimum absolute atomic E-state index is 0.164. The van der Waals surface area contributed by atoms with Crippen molar-refractivity contribution in [2.75, 3.05) is 25.2 Å². The van der Waals surface area contributed by atoms with Crippen molar-refractivity contribution in [3.05, 3.63) is 76.5 Å². The number of hydrogen-bond donors (Lipinski definition) is 1. The third-order valence-corrected chi connectivity index (χ3v) is 5.10. The summed E-state index contributed by atoms with van der Waals surface area (Å²) in [6.45, 7) is 2.34. The Labute approximate surface area is 174 Å². The van der Waals surface area contributed by atoms with Crippen LogP contribution in [0.5, 0.6) is 0 Å². The summed E-state index contributed by atoms with van der Waals surface area (Å²) in [6, 6.07) is 16.5. The molecule has 7 heteroatoms. The number of halogens is 1. The summed E-state index contributed by atoms with van der Waals surface area (Å²) in [5.74, 6) is -0.435. The van der Waals surface area contributed by atoms with Gasteiger partial charge < -0.3 is 14.8 Å². The summed E-state index contributed by atoms with van der Waals surface area (Å²) in [6.07, 6.45) is 0. The highest BCUT2D eigenvalue weighted by molar-refractivity contribution is 7.80. The minimum atomic E-state index is -0.504. The quantitative estimate of drug-likeness (QED) is 0.432. The highest BCUT2D eigenvalue weighted by atomic mass is 35.5. The van der Waals surface area contributed by atoms with Crippen molar-refractivity contribution in [3.63, 3.8) is 0 Å². The fraction of sp³-hybridized carbons (Fsp3) is 0.238. The monoisotopic (exact) mass is 416 g/mol. The zero-order valence-corrected chi connectivity index (χ0v) is 17.2. The molecule has 2 aromatic carbocycles. The standard InChI is InChI=1S/C21H21ClN2O3S/c1-14-18(20(25)27-13-12-26-2)19(16-10-6-7-11-17(16)22)23-21(28)24(14)15-8-4-3-5-9-15/h3-11,19H,12-13H2,1-2H3,(H,23,28)/t19-/m1/s1. The predicted molar refractivity (Wildman–Crippen MR) is 114 cm³/mol. The maximum absolute atomic E-state index is 13.0. The van der Waals surface area contributed by atoms with Crippen molar-refractivity contribution in [1.29, 1.82) is 0 Å². The molecular formula is C21H21ClN2O3S. The van der Waals surface area contributed by atoms with Gasteiger partial charge in [0, 0.05) is 23.5 Å². The van der Waals surface area contributed by atoms with Crippen LogP contribution in [-0.2, 0) is 14.3 Å². The zero-order valence-electron chi connectivity index (χ0n) is 15.6. The van der Waals surface area contributed by atoms with Crippen LogP contribution in [0.1, 0.15) is 18.5 Å². The third kappa shape index (κ3) is 4.19. The fourth-order valence-electron chi connectivity index (χ4n) is 3.13. The molecule has 0 saturated heterocycles. The molecule has 2 aromatic rings. The summed E-state index contributed by atoms with van der Waals surface area (Å²) < 4.78 is 10.4. The summed E-state index contributed by atoms with van der Waals surface area (Å²) in [5.41, 5.74) is 2.78. The maximum Gasteiger partial charge on any atom is 0.338 e. The number of hydrogen-bond acceptors (Lipinski definition) is 4. The molecule has 0 saturated carbocycles. The van der Waals surface area contributed by atoms with Crippen LogP contribution in [0, 0.1) is 0 Å². The Morgan fingerprint density at radius 2 is 1.82 bits per heavy atom. The molecule has 0 amide bonds. The van der Waals surface area contributed by atoms with Gasteiger partial charge in [0.25, 0.3) is 0 Å². The molecule has 0 fully saturated rings.